The molecule has 0 heterocycles. The zero-order valence-corrected chi connectivity index (χ0v) is 10.5. The number of hydrogen-bond donors (Lipinski definition) is 2. The molecule has 18 heavy (non-hydrogen) atoms. The largest absolute Gasteiger partial charge is 0.549 e. The lowest BCUT2D eigenvalue weighted by Crippen LogP contribution is -2.37. The van der Waals surface area contributed by atoms with Crippen LogP contribution in [0.3, 0.4) is 0 Å². The molecule has 1 aromatic carbocycles. The molecular weight excluding hydrogens is 284 g/mol. The summed E-state index contributed by atoms with van der Waals surface area (Å²) < 4.78 is 46.7. The van der Waals surface area contributed by atoms with Crippen molar-refractivity contribution in [2.24, 2.45) is 5.14 Å². The van der Waals surface area contributed by atoms with Gasteiger partial charge in [0.05, 0.1) is 22.3 Å². The van der Waals surface area contributed by atoms with Crippen LogP contribution in [-0.4, -0.2) is 29.3 Å². The number of carbonyl (C=O) groups is 1. The Hall–Kier alpha value is -1.49. The number of carboxylic acids is 1. The zero-order chi connectivity index (χ0) is 14.0. The number of sulfonamides is 2. The van der Waals surface area contributed by atoms with Crippen molar-refractivity contribution in [2.75, 3.05) is 6.54 Å². The topological polar surface area (TPSA) is 146 Å². The SMILES string of the molecule is NS(=O)(=O)c1ccc(S(=O)(=O)NCC(=O)[O-])cc1. The fraction of sp³-hybridized carbons (Fsp3) is 0.125. The van der Waals surface area contributed by atoms with Gasteiger partial charge in [-0.05, 0) is 24.3 Å². The average Bonchev–Trinajstić information content (AvgIpc) is 2.26. The zero-order valence-electron chi connectivity index (χ0n) is 8.86. The van der Waals surface area contributed by atoms with Gasteiger partial charge in [-0.3, -0.25) is 0 Å². The molecule has 0 spiro atoms. The van der Waals surface area contributed by atoms with E-state index < -0.39 is 32.6 Å². The van der Waals surface area contributed by atoms with Crippen LogP contribution in [0, 0.1) is 0 Å². The highest BCUT2D eigenvalue weighted by atomic mass is 32.2. The highest BCUT2D eigenvalue weighted by Crippen LogP contribution is 2.12. The normalized spacial score (nSPS) is 12.3. The molecule has 8 nitrogen and oxygen atoms in total. The maximum absolute atomic E-state index is 11.5. The Balaban J connectivity index is 3.02. The van der Waals surface area contributed by atoms with E-state index in [0.29, 0.717) is 0 Å². The monoisotopic (exact) mass is 293 g/mol. The summed E-state index contributed by atoms with van der Waals surface area (Å²) in [5.41, 5.74) is 0. The van der Waals surface area contributed by atoms with Crippen molar-refractivity contribution in [3.63, 3.8) is 0 Å². The lowest BCUT2D eigenvalue weighted by atomic mass is 10.4. The molecule has 0 unspecified atom stereocenters. The predicted octanol–water partition coefficient (Wildman–Crippen LogP) is -2.64. The molecule has 3 N–H and O–H groups in total. The Labute approximate surface area is 104 Å². The van der Waals surface area contributed by atoms with Crippen LogP contribution >= 0.6 is 0 Å². The number of primary sulfonamides is 1. The van der Waals surface area contributed by atoms with Gasteiger partial charge in [0.1, 0.15) is 0 Å². The Morgan fingerprint density at radius 3 is 1.94 bits per heavy atom. The van der Waals surface area contributed by atoms with Gasteiger partial charge in [-0.1, -0.05) is 0 Å². The van der Waals surface area contributed by atoms with Crippen molar-refractivity contribution in [1.29, 1.82) is 0 Å². The van der Waals surface area contributed by atoms with E-state index in [1.54, 1.807) is 4.72 Å². The van der Waals surface area contributed by atoms with Crippen molar-refractivity contribution >= 4 is 26.0 Å². The van der Waals surface area contributed by atoms with Gasteiger partial charge < -0.3 is 9.90 Å². The first kappa shape index (κ1) is 14.6. The molecule has 0 fully saturated rings. The maximum atomic E-state index is 11.5. The molecular formula is C8H9N2O6S2-. The van der Waals surface area contributed by atoms with Gasteiger partial charge in [0.2, 0.25) is 20.0 Å². The quantitative estimate of drug-likeness (QED) is 0.606. The molecule has 100 valence electrons. The first-order chi connectivity index (χ1) is 8.13. The Morgan fingerprint density at radius 2 is 1.56 bits per heavy atom. The summed E-state index contributed by atoms with van der Waals surface area (Å²) in [6.45, 7) is -0.876. The van der Waals surface area contributed by atoms with E-state index in [2.05, 4.69) is 0 Å². The number of benzene rings is 1. The third kappa shape index (κ3) is 3.77. The first-order valence-corrected chi connectivity index (χ1v) is 7.48. The smallest absolute Gasteiger partial charge is 0.240 e. The summed E-state index contributed by atoms with van der Waals surface area (Å²) in [5.74, 6) is -1.58. The molecule has 1 rings (SSSR count). The van der Waals surface area contributed by atoms with Gasteiger partial charge in [-0.2, -0.15) is 0 Å². The molecule has 1 aromatic rings. The second-order valence-electron chi connectivity index (χ2n) is 3.21. The van der Waals surface area contributed by atoms with Crippen LogP contribution < -0.4 is 15.0 Å². The molecule has 0 aliphatic carbocycles. The van der Waals surface area contributed by atoms with Crippen molar-refractivity contribution in [1.82, 2.24) is 4.72 Å². The number of rotatable bonds is 5. The van der Waals surface area contributed by atoms with Crippen LogP contribution in [0.1, 0.15) is 0 Å². The van der Waals surface area contributed by atoms with Gasteiger partial charge in [0.15, 0.2) is 0 Å². The van der Waals surface area contributed by atoms with Crippen molar-refractivity contribution in [2.45, 2.75) is 9.79 Å². The second kappa shape index (κ2) is 5.02. The third-order valence-corrected chi connectivity index (χ3v) is 4.22. The van der Waals surface area contributed by atoms with Crippen LogP contribution in [0.2, 0.25) is 0 Å². The first-order valence-electron chi connectivity index (χ1n) is 4.45. The van der Waals surface area contributed by atoms with Crippen molar-refractivity contribution < 1.29 is 26.7 Å². The molecule has 0 saturated carbocycles. The second-order valence-corrected chi connectivity index (χ2v) is 6.54. The summed E-state index contributed by atoms with van der Waals surface area (Å²) in [4.78, 5) is 9.60. The van der Waals surface area contributed by atoms with E-state index in [9.17, 15) is 26.7 Å². The fourth-order valence-electron chi connectivity index (χ4n) is 1.05. The van der Waals surface area contributed by atoms with Crippen molar-refractivity contribution in [3.8, 4) is 0 Å². The van der Waals surface area contributed by atoms with Gasteiger partial charge in [-0.15, -0.1) is 0 Å². The van der Waals surface area contributed by atoms with E-state index in [0.717, 1.165) is 24.3 Å². The van der Waals surface area contributed by atoms with Crippen molar-refractivity contribution in [3.05, 3.63) is 24.3 Å². The highest BCUT2D eigenvalue weighted by molar-refractivity contribution is 7.89. The molecule has 0 aliphatic rings. The highest BCUT2D eigenvalue weighted by Gasteiger charge is 2.15. The standard InChI is InChI=1S/C8H10N2O6S2/c9-17(13,14)6-1-3-7(4-2-6)18(15,16)10-5-8(11)12/h1-4,10H,5H2,(H,11,12)(H2,9,13,14)/p-1. The number of carbonyl (C=O) groups excluding carboxylic acids is 1. The van der Waals surface area contributed by atoms with E-state index in [1.807, 2.05) is 0 Å². The van der Waals surface area contributed by atoms with E-state index >= 15 is 0 Å². The molecule has 0 aliphatic heterocycles. The molecule has 10 heteroatoms. The molecule has 0 radical (unpaired) electrons. The Morgan fingerprint density at radius 1 is 1.11 bits per heavy atom. The lowest BCUT2D eigenvalue weighted by Gasteiger charge is -2.07. The molecule has 0 aromatic heterocycles. The summed E-state index contributed by atoms with van der Waals surface area (Å²) in [7, 11) is -7.93. The summed E-state index contributed by atoms with van der Waals surface area (Å²) in [6, 6.07) is 4.00. The summed E-state index contributed by atoms with van der Waals surface area (Å²) in [6.07, 6.45) is 0. The molecule has 0 saturated heterocycles. The minimum Gasteiger partial charge on any atom is -0.549 e. The fourth-order valence-corrected chi connectivity index (χ4v) is 2.53. The minimum atomic E-state index is -4.02. The average molecular weight is 293 g/mol. The summed E-state index contributed by atoms with van der Waals surface area (Å²) in [5, 5.41) is 15.0. The number of hydrogen-bond acceptors (Lipinski definition) is 6. The van der Waals surface area contributed by atoms with Gasteiger partial charge in [-0.25, -0.2) is 26.7 Å². The van der Waals surface area contributed by atoms with Crippen LogP contribution in [0.15, 0.2) is 34.1 Å². The van der Waals surface area contributed by atoms with Crippen LogP contribution in [-0.2, 0) is 24.8 Å². The van der Waals surface area contributed by atoms with Gasteiger partial charge in [0, 0.05) is 0 Å². The predicted molar refractivity (Wildman–Crippen MR) is 58.0 cm³/mol. The number of nitrogens with one attached hydrogen (secondary N) is 1. The number of nitrogens with two attached hydrogens (primary N) is 1. The van der Waals surface area contributed by atoms with Crippen LogP contribution in [0.4, 0.5) is 0 Å². The minimum absolute atomic E-state index is 0.249. The van der Waals surface area contributed by atoms with E-state index in [-0.39, 0.29) is 9.79 Å². The lowest BCUT2D eigenvalue weighted by molar-refractivity contribution is -0.303. The van der Waals surface area contributed by atoms with Gasteiger partial charge >= 0.3 is 0 Å². The Kier molecular flexibility index (Phi) is 4.06. The molecule has 0 atom stereocenters. The molecule has 0 amide bonds. The van der Waals surface area contributed by atoms with Gasteiger partial charge in [0.25, 0.3) is 0 Å². The maximum Gasteiger partial charge on any atom is 0.240 e. The van der Waals surface area contributed by atoms with E-state index in [4.69, 9.17) is 5.14 Å². The molecule has 0 bridgehead atoms. The number of carboxylic acid groups (broad SMARTS) is 1. The van der Waals surface area contributed by atoms with E-state index in [1.165, 1.54) is 0 Å². The van der Waals surface area contributed by atoms with Crippen LogP contribution in [0.5, 0.6) is 0 Å². The summed E-state index contributed by atoms with van der Waals surface area (Å²) >= 11 is 0. The number of aliphatic carboxylic acids is 1. The third-order valence-electron chi connectivity index (χ3n) is 1.87. The Bertz CT molecular complexity index is 647. The van der Waals surface area contributed by atoms with Crippen LogP contribution in [0.25, 0.3) is 0 Å².